The second-order valence-corrected chi connectivity index (χ2v) is 8.01. The van der Waals surface area contributed by atoms with E-state index in [4.69, 9.17) is 9.47 Å². The first kappa shape index (κ1) is 21.2. The van der Waals surface area contributed by atoms with Crippen molar-refractivity contribution in [1.29, 1.82) is 0 Å². The van der Waals surface area contributed by atoms with Gasteiger partial charge < -0.3 is 19.7 Å². The van der Waals surface area contributed by atoms with Gasteiger partial charge in [-0.05, 0) is 54.3 Å². The molecule has 2 aromatic rings. The van der Waals surface area contributed by atoms with Gasteiger partial charge in [0.2, 0.25) is 5.91 Å². The lowest BCUT2D eigenvalue weighted by atomic mass is 10.0. The molecule has 2 aromatic carbocycles. The number of hydrogen-bond donors (Lipinski definition) is 1. The molecule has 7 nitrogen and oxygen atoms in total. The summed E-state index contributed by atoms with van der Waals surface area (Å²) < 4.78 is 11.0. The van der Waals surface area contributed by atoms with Gasteiger partial charge in [0, 0.05) is 44.8 Å². The Hall–Kier alpha value is -3.06. The summed E-state index contributed by atoms with van der Waals surface area (Å²) in [5.74, 6) is 1.58. The number of anilines is 1. The highest BCUT2D eigenvalue weighted by Crippen LogP contribution is 2.26. The third kappa shape index (κ3) is 5.55. The average Bonchev–Trinajstić information content (AvgIpc) is 3.03. The van der Waals surface area contributed by atoms with Gasteiger partial charge in [-0.1, -0.05) is 12.1 Å². The Morgan fingerprint density at radius 2 is 1.81 bits per heavy atom. The number of hydrogen-bond acceptors (Lipinski definition) is 5. The van der Waals surface area contributed by atoms with Crippen LogP contribution < -0.4 is 14.8 Å². The fourth-order valence-corrected chi connectivity index (χ4v) is 4.05. The molecular weight excluding hydrogens is 394 g/mol. The third-order valence-corrected chi connectivity index (χ3v) is 5.84. The number of amides is 2. The lowest BCUT2D eigenvalue weighted by molar-refractivity contribution is -0.133. The van der Waals surface area contributed by atoms with E-state index in [0.717, 1.165) is 49.6 Å². The Labute approximate surface area is 182 Å². The molecule has 31 heavy (non-hydrogen) atoms. The molecule has 0 bridgehead atoms. The van der Waals surface area contributed by atoms with Gasteiger partial charge in [0.15, 0.2) is 6.61 Å². The molecule has 7 heteroatoms. The first-order chi connectivity index (χ1) is 15.1. The van der Waals surface area contributed by atoms with E-state index in [1.54, 1.807) is 13.2 Å². The minimum absolute atomic E-state index is 0.0114. The topological polar surface area (TPSA) is 71.1 Å². The van der Waals surface area contributed by atoms with E-state index in [1.807, 2.05) is 29.2 Å². The van der Waals surface area contributed by atoms with Crippen LogP contribution in [0.15, 0.2) is 42.5 Å². The van der Waals surface area contributed by atoms with Crippen LogP contribution in [0.4, 0.5) is 5.69 Å². The van der Waals surface area contributed by atoms with Crippen LogP contribution in [0.2, 0.25) is 0 Å². The SMILES string of the molecule is COc1ccc(CN2CCCN(C(=O)COc3ccc4c(c3)CCC(=O)N4)CC2)cc1. The van der Waals surface area contributed by atoms with Gasteiger partial charge in [0.1, 0.15) is 11.5 Å². The van der Waals surface area contributed by atoms with E-state index < -0.39 is 0 Å². The highest BCUT2D eigenvalue weighted by Gasteiger charge is 2.20. The molecule has 1 fully saturated rings. The highest BCUT2D eigenvalue weighted by atomic mass is 16.5. The molecule has 2 aliphatic rings. The maximum absolute atomic E-state index is 12.7. The van der Waals surface area contributed by atoms with Gasteiger partial charge in [-0.2, -0.15) is 0 Å². The van der Waals surface area contributed by atoms with Crippen LogP contribution >= 0.6 is 0 Å². The Bertz CT molecular complexity index is 929. The molecule has 1 N–H and O–H groups in total. The van der Waals surface area contributed by atoms with Crippen molar-refractivity contribution in [3.8, 4) is 11.5 Å². The Morgan fingerprint density at radius 3 is 2.61 bits per heavy atom. The normalized spacial score (nSPS) is 16.8. The smallest absolute Gasteiger partial charge is 0.260 e. The van der Waals surface area contributed by atoms with E-state index in [9.17, 15) is 9.59 Å². The standard InChI is InChI=1S/C24H29N3O4/c1-30-20-6-3-18(4-7-20)16-26-11-2-12-27(14-13-26)24(29)17-31-21-8-9-22-19(15-21)5-10-23(28)25-22/h3-4,6-9,15H,2,5,10-14,16-17H2,1H3,(H,25,28). The summed E-state index contributed by atoms with van der Waals surface area (Å²) in [4.78, 5) is 28.5. The monoisotopic (exact) mass is 423 g/mol. The average molecular weight is 424 g/mol. The summed E-state index contributed by atoms with van der Waals surface area (Å²) in [5, 5.41) is 2.86. The van der Waals surface area contributed by atoms with Crippen molar-refractivity contribution in [1.82, 2.24) is 9.80 Å². The number of benzene rings is 2. The summed E-state index contributed by atoms with van der Waals surface area (Å²) in [7, 11) is 1.67. The molecule has 0 aliphatic carbocycles. The number of nitrogens with one attached hydrogen (secondary N) is 1. The number of methoxy groups -OCH3 is 1. The molecule has 0 unspecified atom stereocenters. The number of nitrogens with zero attached hydrogens (tertiary/aromatic N) is 2. The Kier molecular flexibility index (Phi) is 6.72. The number of aryl methyl sites for hydroxylation is 1. The molecule has 2 amide bonds. The summed E-state index contributed by atoms with van der Waals surface area (Å²) in [6, 6.07) is 13.7. The molecule has 1 saturated heterocycles. The lowest BCUT2D eigenvalue weighted by Gasteiger charge is -2.22. The molecule has 0 spiro atoms. The van der Waals surface area contributed by atoms with Gasteiger partial charge in [-0.15, -0.1) is 0 Å². The van der Waals surface area contributed by atoms with E-state index >= 15 is 0 Å². The molecule has 0 atom stereocenters. The van der Waals surface area contributed by atoms with Gasteiger partial charge in [-0.3, -0.25) is 14.5 Å². The highest BCUT2D eigenvalue weighted by molar-refractivity contribution is 5.94. The molecule has 0 aromatic heterocycles. The fourth-order valence-electron chi connectivity index (χ4n) is 4.05. The predicted molar refractivity (Wildman–Crippen MR) is 118 cm³/mol. The van der Waals surface area contributed by atoms with Crippen LogP contribution in [0, 0.1) is 0 Å². The van der Waals surface area contributed by atoms with Crippen LogP contribution in [0.1, 0.15) is 24.0 Å². The van der Waals surface area contributed by atoms with E-state index in [2.05, 4.69) is 22.3 Å². The predicted octanol–water partition coefficient (Wildman–Crippen LogP) is 2.69. The minimum atomic E-state index is 0.0114. The molecule has 0 radical (unpaired) electrons. The zero-order valence-electron chi connectivity index (χ0n) is 17.9. The lowest BCUT2D eigenvalue weighted by Crippen LogP contribution is -2.38. The number of carbonyl (C=O) groups excluding carboxylic acids is 2. The Balaban J connectivity index is 1.26. The van der Waals surface area contributed by atoms with Crippen molar-refractivity contribution < 1.29 is 19.1 Å². The van der Waals surface area contributed by atoms with Crippen LogP contribution in [0.5, 0.6) is 11.5 Å². The maximum atomic E-state index is 12.7. The van der Waals surface area contributed by atoms with Crippen molar-refractivity contribution in [3.05, 3.63) is 53.6 Å². The van der Waals surface area contributed by atoms with Crippen molar-refractivity contribution in [2.75, 3.05) is 45.2 Å². The van der Waals surface area contributed by atoms with Crippen LogP contribution in [-0.4, -0.2) is 61.5 Å². The minimum Gasteiger partial charge on any atom is -0.497 e. The molecule has 164 valence electrons. The van der Waals surface area contributed by atoms with Crippen LogP contribution in [0.25, 0.3) is 0 Å². The van der Waals surface area contributed by atoms with E-state index in [0.29, 0.717) is 25.1 Å². The van der Waals surface area contributed by atoms with Gasteiger partial charge >= 0.3 is 0 Å². The van der Waals surface area contributed by atoms with Crippen LogP contribution in [-0.2, 0) is 22.6 Å². The quantitative estimate of drug-likeness (QED) is 0.774. The van der Waals surface area contributed by atoms with Gasteiger partial charge in [0.05, 0.1) is 7.11 Å². The first-order valence-electron chi connectivity index (χ1n) is 10.8. The zero-order valence-corrected chi connectivity index (χ0v) is 17.9. The molecule has 2 aliphatic heterocycles. The summed E-state index contributed by atoms with van der Waals surface area (Å²) in [6.07, 6.45) is 2.12. The van der Waals surface area contributed by atoms with E-state index in [1.165, 1.54) is 5.56 Å². The molecule has 0 saturated carbocycles. The third-order valence-electron chi connectivity index (χ3n) is 5.84. The fraction of sp³-hybridized carbons (Fsp3) is 0.417. The van der Waals surface area contributed by atoms with Crippen molar-refractivity contribution in [2.45, 2.75) is 25.8 Å². The second-order valence-electron chi connectivity index (χ2n) is 8.01. The summed E-state index contributed by atoms with van der Waals surface area (Å²) >= 11 is 0. The van der Waals surface area contributed by atoms with Gasteiger partial charge in [0.25, 0.3) is 5.91 Å². The Morgan fingerprint density at radius 1 is 1.00 bits per heavy atom. The number of carbonyl (C=O) groups is 2. The van der Waals surface area contributed by atoms with Crippen molar-refractivity contribution in [3.63, 3.8) is 0 Å². The van der Waals surface area contributed by atoms with Crippen LogP contribution in [0.3, 0.4) is 0 Å². The first-order valence-corrected chi connectivity index (χ1v) is 10.8. The summed E-state index contributed by atoms with van der Waals surface area (Å²) in [5.41, 5.74) is 3.13. The molecular formula is C24H29N3O4. The van der Waals surface area contributed by atoms with Crippen molar-refractivity contribution >= 4 is 17.5 Å². The number of fused-ring (bicyclic) bond motifs is 1. The second kappa shape index (κ2) is 9.83. The van der Waals surface area contributed by atoms with Crippen molar-refractivity contribution in [2.24, 2.45) is 0 Å². The molecule has 4 rings (SSSR count). The maximum Gasteiger partial charge on any atom is 0.260 e. The number of ether oxygens (including phenoxy) is 2. The zero-order chi connectivity index (χ0) is 21.6. The largest absolute Gasteiger partial charge is 0.497 e. The van der Waals surface area contributed by atoms with E-state index in [-0.39, 0.29) is 18.4 Å². The number of rotatable bonds is 6. The molecule has 2 heterocycles. The summed E-state index contributed by atoms with van der Waals surface area (Å²) in [6.45, 7) is 4.16. The van der Waals surface area contributed by atoms with Gasteiger partial charge in [-0.25, -0.2) is 0 Å².